The normalized spacial score (nSPS) is 11.6. The lowest BCUT2D eigenvalue weighted by Crippen LogP contribution is -2.04. The molecule has 0 aromatic carbocycles. The Morgan fingerprint density at radius 1 is 1.38 bits per heavy atom. The van der Waals surface area contributed by atoms with Crippen LogP contribution in [0.25, 0.3) is 11.0 Å². The number of fused-ring (bicyclic) bond motifs is 1. The smallest absolute Gasteiger partial charge is 0.140 e. The standard InChI is InChI=1S/C16H20N4S/c1-11(2)16-19-13(10-21-16)9-20-8-12(7-17-3)14-5-4-6-18-15(14)20/h4-6,8,10-11,17H,7,9H2,1-3H3. The molecule has 0 amide bonds. The van der Waals surface area contributed by atoms with E-state index in [0.717, 1.165) is 24.4 Å². The van der Waals surface area contributed by atoms with E-state index in [1.165, 1.54) is 16.0 Å². The van der Waals surface area contributed by atoms with Gasteiger partial charge in [0.05, 0.1) is 17.2 Å². The summed E-state index contributed by atoms with van der Waals surface area (Å²) in [7, 11) is 1.97. The van der Waals surface area contributed by atoms with Crippen molar-refractivity contribution in [2.75, 3.05) is 7.05 Å². The number of hydrogen-bond donors (Lipinski definition) is 1. The molecule has 0 radical (unpaired) electrons. The number of hydrogen-bond acceptors (Lipinski definition) is 4. The van der Waals surface area contributed by atoms with Crippen LogP contribution in [0.1, 0.15) is 36.0 Å². The molecule has 0 saturated heterocycles. The van der Waals surface area contributed by atoms with Crippen LogP contribution < -0.4 is 5.32 Å². The summed E-state index contributed by atoms with van der Waals surface area (Å²) < 4.78 is 2.20. The molecule has 110 valence electrons. The van der Waals surface area contributed by atoms with Crippen molar-refractivity contribution in [2.45, 2.75) is 32.9 Å². The molecule has 0 spiro atoms. The summed E-state index contributed by atoms with van der Waals surface area (Å²) in [6, 6.07) is 4.12. The SMILES string of the molecule is CNCc1cn(Cc2csc(C(C)C)n2)c2ncccc12. The zero-order valence-corrected chi connectivity index (χ0v) is 13.4. The number of nitrogens with zero attached hydrogens (tertiary/aromatic N) is 3. The van der Waals surface area contributed by atoms with Crippen LogP contribution in [0.4, 0.5) is 0 Å². The van der Waals surface area contributed by atoms with E-state index in [0.29, 0.717) is 5.92 Å². The molecule has 3 rings (SSSR count). The average molecular weight is 300 g/mol. The van der Waals surface area contributed by atoms with Crippen molar-refractivity contribution < 1.29 is 0 Å². The Balaban J connectivity index is 1.96. The van der Waals surface area contributed by atoms with Gasteiger partial charge >= 0.3 is 0 Å². The molecule has 0 aliphatic rings. The summed E-state index contributed by atoms with van der Waals surface area (Å²) in [6.07, 6.45) is 4.03. The Kier molecular flexibility index (Phi) is 4.03. The first kappa shape index (κ1) is 14.2. The molecule has 0 aliphatic heterocycles. The van der Waals surface area contributed by atoms with Gasteiger partial charge in [-0.1, -0.05) is 13.8 Å². The molecule has 0 aliphatic carbocycles. The first-order chi connectivity index (χ1) is 10.2. The highest BCUT2D eigenvalue weighted by atomic mass is 32.1. The van der Waals surface area contributed by atoms with Gasteiger partial charge in [0.2, 0.25) is 0 Å². The summed E-state index contributed by atoms with van der Waals surface area (Å²) in [5, 5.41) is 7.79. The van der Waals surface area contributed by atoms with Crippen LogP contribution in [0.15, 0.2) is 29.9 Å². The Hall–Kier alpha value is -1.72. The second kappa shape index (κ2) is 5.95. The summed E-state index contributed by atoms with van der Waals surface area (Å²) in [4.78, 5) is 9.25. The minimum absolute atomic E-state index is 0.489. The number of thiazole rings is 1. The van der Waals surface area contributed by atoms with Gasteiger partial charge in [0, 0.05) is 35.6 Å². The molecule has 0 fully saturated rings. The number of aromatic nitrogens is 3. The molecule has 3 aromatic rings. The third-order valence-corrected chi connectivity index (χ3v) is 4.67. The van der Waals surface area contributed by atoms with Gasteiger partial charge in [-0.15, -0.1) is 11.3 Å². The van der Waals surface area contributed by atoms with E-state index in [2.05, 4.69) is 46.4 Å². The molecule has 1 N–H and O–H groups in total. The van der Waals surface area contributed by atoms with Crippen molar-refractivity contribution in [2.24, 2.45) is 0 Å². The lowest BCUT2D eigenvalue weighted by molar-refractivity contribution is 0.768. The monoisotopic (exact) mass is 300 g/mol. The fourth-order valence-corrected chi connectivity index (χ4v) is 3.31. The first-order valence-corrected chi connectivity index (χ1v) is 8.08. The van der Waals surface area contributed by atoms with Gasteiger partial charge in [-0.05, 0) is 24.7 Å². The van der Waals surface area contributed by atoms with E-state index < -0.39 is 0 Å². The van der Waals surface area contributed by atoms with Crippen LogP contribution in [0.3, 0.4) is 0 Å². The lowest BCUT2D eigenvalue weighted by atomic mass is 10.2. The van der Waals surface area contributed by atoms with Crippen LogP contribution in [-0.2, 0) is 13.1 Å². The quantitative estimate of drug-likeness (QED) is 0.785. The van der Waals surface area contributed by atoms with Crippen LogP contribution >= 0.6 is 11.3 Å². The maximum absolute atomic E-state index is 4.72. The number of pyridine rings is 1. The Bertz CT molecular complexity index is 742. The summed E-state index contributed by atoms with van der Waals surface area (Å²) in [5.74, 6) is 0.489. The zero-order valence-electron chi connectivity index (χ0n) is 12.6. The second-order valence-electron chi connectivity index (χ2n) is 5.52. The second-order valence-corrected chi connectivity index (χ2v) is 6.41. The van der Waals surface area contributed by atoms with Gasteiger partial charge in [-0.3, -0.25) is 0 Å². The highest BCUT2D eigenvalue weighted by Gasteiger charge is 2.11. The van der Waals surface area contributed by atoms with Crippen LogP contribution in [0.2, 0.25) is 0 Å². The number of nitrogens with one attached hydrogen (secondary N) is 1. The van der Waals surface area contributed by atoms with E-state index in [1.54, 1.807) is 11.3 Å². The minimum Gasteiger partial charge on any atom is -0.326 e. The van der Waals surface area contributed by atoms with Gasteiger partial charge in [-0.2, -0.15) is 0 Å². The first-order valence-electron chi connectivity index (χ1n) is 7.20. The van der Waals surface area contributed by atoms with Gasteiger partial charge in [0.1, 0.15) is 5.65 Å². The van der Waals surface area contributed by atoms with Crippen molar-refractivity contribution in [1.29, 1.82) is 0 Å². The number of rotatable bonds is 5. The molecular formula is C16H20N4S. The summed E-state index contributed by atoms with van der Waals surface area (Å²) in [5.41, 5.74) is 3.42. The maximum atomic E-state index is 4.72. The molecule has 3 aromatic heterocycles. The van der Waals surface area contributed by atoms with E-state index >= 15 is 0 Å². The third kappa shape index (κ3) is 2.84. The van der Waals surface area contributed by atoms with E-state index in [1.807, 2.05) is 19.3 Å². The van der Waals surface area contributed by atoms with Crippen molar-refractivity contribution in [3.8, 4) is 0 Å². The van der Waals surface area contributed by atoms with E-state index in [-0.39, 0.29) is 0 Å². The van der Waals surface area contributed by atoms with E-state index in [4.69, 9.17) is 4.98 Å². The lowest BCUT2D eigenvalue weighted by Gasteiger charge is -2.02. The van der Waals surface area contributed by atoms with Crippen molar-refractivity contribution in [3.63, 3.8) is 0 Å². The Morgan fingerprint density at radius 2 is 2.24 bits per heavy atom. The molecule has 5 heteroatoms. The van der Waals surface area contributed by atoms with Crippen LogP contribution in [0.5, 0.6) is 0 Å². The molecule has 0 saturated carbocycles. The molecule has 3 heterocycles. The predicted molar refractivity (Wildman–Crippen MR) is 87.8 cm³/mol. The summed E-state index contributed by atoms with van der Waals surface area (Å²) in [6.45, 7) is 5.99. The van der Waals surface area contributed by atoms with Crippen LogP contribution in [-0.4, -0.2) is 21.6 Å². The molecule has 21 heavy (non-hydrogen) atoms. The fourth-order valence-electron chi connectivity index (χ4n) is 2.48. The average Bonchev–Trinajstić information content (AvgIpc) is 3.07. The van der Waals surface area contributed by atoms with E-state index in [9.17, 15) is 0 Å². The molecule has 0 atom stereocenters. The van der Waals surface area contributed by atoms with Crippen molar-refractivity contribution >= 4 is 22.4 Å². The molecular weight excluding hydrogens is 280 g/mol. The van der Waals surface area contributed by atoms with Gasteiger partial charge in [-0.25, -0.2) is 9.97 Å². The molecule has 4 nitrogen and oxygen atoms in total. The maximum Gasteiger partial charge on any atom is 0.140 e. The van der Waals surface area contributed by atoms with Gasteiger partial charge in [0.15, 0.2) is 0 Å². The highest BCUT2D eigenvalue weighted by Crippen LogP contribution is 2.23. The largest absolute Gasteiger partial charge is 0.326 e. The van der Waals surface area contributed by atoms with Crippen LogP contribution in [0, 0.1) is 0 Å². The Morgan fingerprint density at radius 3 is 2.95 bits per heavy atom. The fraction of sp³-hybridized carbons (Fsp3) is 0.375. The van der Waals surface area contributed by atoms with Gasteiger partial charge in [0.25, 0.3) is 0 Å². The van der Waals surface area contributed by atoms with Crippen molar-refractivity contribution in [3.05, 3.63) is 46.2 Å². The zero-order chi connectivity index (χ0) is 14.8. The predicted octanol–water partition coefficient (Wildman–Crippen LogP) is 3.38. The topological polar surface area (TPSA) is 42.7 Å². The summed E-state index contributed by atoms with van der Waals surface area (Å²) >= 11 is 1.74. The molecule has 0 bridgehead atoms. The van der Waals surface area contributed by atoms with Gasteiger partial charge < -0.3 is 9.88 Å². The van der Waals surface area contributed by atoms with Crippen molar-refractivity contribution in [1.82, 2.24) is 19.9 Å². The minimum atomic E-state index is 0.489. The molecule has 0 unspecified atom stereocenters. The highest BCUT2D eigenvalue weighted by molar-refractivity contribution is 7.09. The Labute approximate surface area is 128 Å². The third-order valence-electron chi connectivity index (χ3n) is 3.48.